The number of hydrogen-bond acceptors (Lipinski definition) is 6. The average Bonchev–Trinajstić information content (AvgIpc) is 3.15. The summed E-state index contributed by atoms with van der Waals surface area (Å²) in [7, 11) is 3.36. The van der Waals surface area contributed by atoms with Crippen molar-refractivity contribution in [3.8, 4) is 5.75 Å². The van der Waals surface area contributed by atoms with Gasteiger partial charge in [0.25, 0.3) is 0 Å². The molecule has 1 unspecified atom stereocenters. The van der Waals surface area contributed by atoms with Crippen LogP contribution in [-0.4, -0.2) is 56.6 Å². The molecule has 144 valence electrons. The maximum absolute atomic E-state index is 10.3. The second-order valence-electron chi connectivity index (χ2n) is 6.18. The van der Waals surface area contributed by atoms with Crippen LogP contribution in [0.3, 0.4) is 0 Å². The Morgan fingerprint density at radius 3 is 2.81 bits per heavy atom. The summed E-state index contributed by atoms with van der Waals surface area (Å²) in [6.45, 7) is 3.42. The minimum atomic E-state index is -0.571. The third-order valence-corrected chi connectivity index (χ3v) is 3.97. The standard InChI is InChI=1S/C20H29NO5/c1-23-10-5-9-21(13-17-6-3-7-19(12-17)24-2)14-18(22)15-25-16-20-8-4-11-26-20/h3-4,6-8,11-12,18,22H,5,9-10,13-16H2,1-2H3. The average molecular weight is 363 g/mol. The van der Waals surface area contributed by atoms with Crippen LogP contribution in [0, 0.1) is 0 Å². The van der Waals surface area contributed by atoms with Gasteiger partial charge in [-0.15, -0.1) is 0 Å². The van der Waals surface area contributed by atoms with Gasteiger partial charge in [-0.25, -0.2) is 0 Å². The van der Waals surface area contributed by atoms with Gasteiger partial charge in [-0.1, -0.05) is 12.1 Å². The maximum Gasteiger partial charge on any atom is 0.129 e. The van der Waals surface area contributed by atoms with Crippen molar-refractivity contribution < 1.29 is 23.7 Å². The first-order valence-electron chi connectivity index (χ1n) is 8.83. The first kappa shape index (κ1) is 20.5. The fourth-order valence-electron chi connectivity index (χ4n) is 2.74. The molecule has 0 bridgehead atoms. The highest BCUT2D eigenvalue weighted by atomic mass is 16.5. The highest BCUT2D eigenvalue weighted by molar-refractivity contribution is 5.28. The van der Waals surface area contributed by atoms with E-state index < -0.39 is 6.10 Å². The Hall–Kier alpha value is -1.86. The van der Waals surface area contributed by atoms with Crippen LogP contribution in [0.4, 0.5) is 0 Å². The van der Waals surface area contributed by atoms with Crippen molar-refractivity contribution in [2.24, 2.45) is 0 Å². The van der Waals surface area contributed by atoms with Crippen LogP contribution in [0.1, 0.15) is 17.7 Å². The van der Waals surface area contributed by atoms with Crippen molar-refractivity contribution in [2.75, 3.05) is 40.5 Å². The molecule has 0 aliphatic carbocycles. The van der Waals surface area contributed by atoms with E-state index in [1.54, 1.807) is 20.5 Å². The van der Waals surface area contributed by atoms with Gasteiger partial charge in [-0.2, -0.15) is 0 Å². The number of aliphatic hydroxyl groups excluding tert-OH is 1. The molecule has 1 N–H and O–H groups in total. The van der Waals surface area contributed by atoms with Crippen molar-refractivity contribution in [1.29, 1.82) is 0 Å². The number of furan rings is 1. The fourth-order valence-corrected chi connectivity index (χ4v) is 2.74. The normalized spacial score (nSPS) is 12.5. The van der Waals surface area contributed by atoms with E-state index in [0.29, 0.717) is 19.8 Å². The summed E-state index contributed by atoms with van der Waals surface area (Å²) in [4.78, 5) is 2.20. The van der Waals surface area contributed by atoms with Gasteiger partial charge in [-0.05, 0) is 36.2 Å². The molecule has 26 heavy (non-hydrogen) atoms. The lowest BCUT2D eigenvalue weighted by molar-refractivity contribution is 0.00281. The lowest BCUT2D eigenvalue weighted by Crippen LogP contribution is -2.35. The molecule has 0 fully saturated rings. The molecule has 1 aromatic carbocycles. The second-order valence-corrected chi connectivity index (χ2v) is 6.18. The molecule has 0 aliphatic rings. The summed E-state index contributed by atoms with van der Waals surface area (Å²) < 4.78 is 21.2. The molecule has 2 rings (SSSR count). The van der Waals surface area contributed by atoms with Crippen LogP contribution < -0.4 is 4.74 Å². The summed E-state index contributed by atoms with van der Waals surface area (Å²) in [6, 6.07) is 11.7. The van der Waals surface area contributed by atoms with Crippen molar-refractivity contribution in [2.45, 2.75) is 25.7 Å². The van der Waals surface area contributed by atoms with Gasteiger partial charge in [0.1, 0.15) is 18.1 Å². The molecule has 0 spiro atoms. The van der Waals surface area contributed by atoms with Crippen LogP contribution in [0.25, 0.3) is 0 Å². The zero-order valence-electron chi connectivity index (χ0n) is 15.6. The van der Waals surface area contributed by atoms with Gasteiger partial charge >= 0.3 is 0 Å². The third kappa shape index (κ3) is 7.58. The van der Waals surface area contributed by atoms with Gasteiger partial charge in [0.05, 0.1) is 26.1 Å². The molecule has 0 saturated heterocycles. The number of ether oxygens (including phenoxy) is 3. The number of methoxy groups -OCH3 is 2. The van der Waals surface area contributed by atoms with Gasteiger partial charge in [0.15, 0.2) is 0 Å². The van der Waals surface area contributed by atoms with E-state index in [4.69, 9.17) is 18.6 Å². The Balaban J connectivity index is 1.83. The Bertz CT molecular complexity index is 602. The summed E-state index contributed by atoms with van der Waals surface area (Å²) in [5.74, 6) is 1.59. The number of hydrogen-bond donors (Lipinski definition) is 1. The minimum Gasteiger partial charge on any atom is -0.497 e. The van der Waals surface area contributed by atoms with E-state index in [1.807, 2.05) is 30.3 Å². The molecule has 1 heterocycles. The summed E-state index contributed by atoms with van der Waals surface area (Å²) in [6.07, 6.45) is 1.94. The summed E-state index contributed by atoms with van der Waals surface area (Å²) in [5, 5.41) is 10.3. The lowest BCUT2D eigenvalue weighted by atomic mass is 10.2. The molecular weight excluding hydrogens is 334 g/mol. The number of rotatable bonds is 13. The molecule has 6 nitrogen and oxygen atoms in total. The summed E-state index contributed by atoms with van der Waals surface area (Å²) >= 11 is 0. The third-order valence-electron chi connectivity index (χ3n) is 3.97. The molecule has 1 aromatic heterocycles. The van der Waals surface area contributed by atoms with E-state index in [0.717, 1.165) is 36.6 Å². The molecule has 0 radical (unpaired) electrons. The van der Waals surface area contributed by atoms with Crippen molar-refractivity contribution >= 4 is 0 Å². The van der Waals surface area contributed by atoms with Crippen molar-refractivity contribution in [3.05, 3.63) is 54.0 Å². The van der Waals surface area contributed by atoms with Gasteiger partial charge in [-0.3, -0.25) is 4.90 Å². The highest BCUT2D eigenvalue weighted by Crippen LogP contribution is 2.15. The van der Waals surface area contributed by atoms with E-state index in [2.05, 4.69) is 11.0 Å². The first-order chi connectivity index (χ1) is 12.7. The van der Waals surface area contributed by atoms with Crippen LogP contribution in [0.15, 0.2) is 47.1 Å². The van der Waals surface area contributed by atoms with Crippen molar-refractivity contribution in [3.63, 3.8) is 0 Å². The zero-order chi connectivity index (χ0) is 18.6. The predicted molar refractivity (Wildman–Crippen MR) is 99.1 cm³/mol. The van der Waals surface area contributed by atoms with Crippen LogP contribution in [0.2, 0.25) is 0 Å². The molecule has 2 aromatic rings. The number of nitrogens with zero attached hydrogens (tertiary/aromatic N) is 1. The molecule has 0 amide bonds. The topological polar surface area (TPSA) is 64.3 Å². The zero-order valence-corrected chi connectivity index (χ0v) is 15.6. The number of benzene rings is 1. The van der Waals surface area contributed by atoms with Crippen LogP contribution in [-0.2, 0) is 22.6 Å². The lowest BCUT2D eigenvalue weighted by Gasteiger charge is -2.25. The van der Waals surface area contributed by atoms with E-state index in [-0.39, 0.29) is 6.61 Å². The Kier molecular flexibility index (Phi) is 9.20. The van der Waals surface area contributed by atoms with E-state index >= 15 is 0 Å². The predicted octanol–water partition coefficient (Wildman–Crippen LogP) is 2.70. The second kappa shape index (κ2) is 11.7. The monoisotopic (exact) mass is 363 g/mol. The molecule has 0 aliphatic heterocycles. The Labute approximate surface area is 155 Å². The van der Waals surface area contributed by atoms with Gasteiger partial charge in [0.2, 0.25) is 0 Å². The van der Waals surface area contributed by atoms with Gasteiger partial charge in [0, 0.05) is 33.4 Å². The summed E-state index contributed by atoms with van der Waals surface area (Å²) in [5.41, 5.74) is 1.14. The van der Waals surface area contributed by atoms with E-state index in [1.165, 1.54) is 0 Å². The van der Waals surface area contributed by atoms with Crippen LogP contribution >= 0.6 is 0 Å². The SMILES string of the molecule is COCCCN(Cc1cccc(OC)c1)CC(O)COCc1ccco1. The van der Waals surface area contributed by atoms with Crippen molar-refractivity contribution in [1.82, 2.24) is 4.90 Å². The quantitative estimate of drug-likeness (QED) is 0.552. The van der Waals surface area contributed by atoms with Gasteiger partial charge < -0.3 is 23.7 Å². The Morgan fingerprint density at radius 2 is 2.08 bits per heavy atom. The first-order valence-corrected chi connectivity index (χ1v) is 8.83. The smallest absolute Gasteiger partial charge is 0.129 e. The minimum absolute atomic E-state index is 0.263. The largest absolute Gasteiger partial charge is 0.497 e. The van der Waals surface area contributed by atoms with Crippen LogP contribution in [0.5, 0.6) is 5.75 Å². The maximum atomic E-state index is 10.3. The van der Waals surface area contributed by atoms with E-state index in [9.17, 15) is 5.11 Å². The molecule has 1 atom stereocenters. The fraction of sp³-hybridized carbons (Fsp3) is 0.500. The Morgan fingerprint density at radius 1 is 1.19 bits per heavy atom. The molecule has 6 heteroatoms. The molecular formula is C20H29NO5. The molecule has 0 saturated carbocycles. The number of aliphatic hydroxyl groups is 1. The highest BCUT2D eigenvalue weighted by Gasteiger charge is 2.13.